The molecule has 0 aliphatic heterocycles. The molecule has 1 N–H and O–H groups in total. The first kappa shape index (κ1) is 16.0. The number of nitrogens with zero attached hydrogens (tertiary/aromatic N) is 1. The van der Waals surface area contributed by atoms with E-state index in [1.54, 1.807) is 13.8 Å². The average molecular weight is 281 g/mol. The van der Waals surface area contributed by atoms with Crippen molar-refractivity contribution in [3.05, 3.63) is 40.2 Å². The molecule has 0 unspecified atom stereocenters. The minimum atomic E-state index is -0.457. The van der Waals surface area contributed by atoms with E-state index in [4.69, 9.17) is 9.47 Å². The van der Waals surface area contributed by atoms with Crippen molar-refractivity contribution in [1.82, 2.24) is 4.57 Å². The van der Waals surface area contributed by atoms with Gasteiger partial charge in [0, 0.05) is 17.7 Å². The smallest absolute Gasteiger partial charge is 0.333 e. The number of ether oxygens (including phenoxy) is 2. The summed E-state index contributed by atoms with van der Waals surface area (Å²) < 4.78 is 11.3. The standard InChI is InChI=1S/C14H19NO5/c1-10(2)14(18)20-7-6-19-5-4-15-12(16)8-11(3)9-13(15)17/h8-9,16H,1,4-7H2,2-3H3. The summed E-state index contributed by atoms with van der Waals surface area (Å²) in [6, 6.07) is 2.95. The van der Waals surface area contributed by atoms with Gasteiger partial charge < -0.3 is 14.6 Å². The number of rotatable bonds is 7. The van der Waals surface area contributed by atoms with Gasteiger partial charge in [0.1, 0.15) is 6.61 Å². The zero-order chi connectivity index (χ0) is 15.1. The molecule has 20 heavy (non-hydrogen) atoms. The highest BCUT2D eigenvalue weighted by Crippen LogP contribution is 2.07. The van der Waals surface area contributed by atoms with Crippen molar-refractivity contribution in [2.45, 2.75) is 20.4 Å². The second-order valence-corrected chi connectivity index (χ2v) is 4.41. The molecule has 0 saturated heterocycles. The molecule has 0 aromatic carbocycles. The van der Waals surface area contributed by atoms with Crippen LogP contribution in [0, 0.1) is 6.92 Å². The van der Waals surface area contributed by atoms with Crippen LogP contribution in [0.1, 0.15) is 12.5 Å². The van der Waals surface area contributed by atoms with Crippen molar-refractivity contribution in [3.8, 4) is 5.88 Å². The summed E-state index contributed by atoms with van der Waals surface area (Å²) >= 11 is 0. The number of hydrogen-bond donors (Lipinski definition) is 1. The Bertz CT molecular complexity index is 547. The SMILES string of the molecule is C=C(C)C(=O)OCCOCCn1c(O)cc(C)cc1=O. The van der Waals surface area contributed by atoms with Gasteiger partial charge in [-0.25, -0.2) is 4.79 Å². The fraction of sp³-hybridized carbons (Fsp3) is 0.429. The first-order valence-corrected chi connectivity index (χ1v) is 6.22. The van der Waals surface area contributed by atoms with E-state index in [1.165, 1.54) is 16.7 Å². The highest BCUT2D eigenvalue weighted by molar-refractivity contribution is 5.86. The summed E-state index contributed by atoms with van der Waals surface area (Å²) in [5.41, 5.74) is 0.761. The third-order valence-corrected chi connectivity index (χ3v) is 2.52. The number of hydrogen-bond acceptors (Lipinski definition) is 5. The van der Waals surface area contributed by atoms with Crippen LogP contribution in [-0.2, 0) is 20.8 Å². The van der Waals surface area contributed by atoms with Crippen molar-refractivity contribution in [2.24, 2.45) is 0 Å². The molecule has 6 nitrogen and oxygen atoms in total. The lowest BCUT2D eigenvalue weighted by Gasteiger charge is -2.09. The first-order chi connectivity index (χ1) is 9.41. The normalized spacial score (nSPS) is 10.3. The second kappa shape index (κ2) is 7.49. The topological polar surface area (TPSA) is 77.8 Å². The molecule has 1 aromatic heterocycles. The molecule has 0 atom stereocenters. The number of carbonyl (C=O) groups is 1. The van der Waals surface area contributed by atoms with Crippen molar-refractivity contribution in [2.75, 3.05) is 19.8 Å². The maximum absolute atomic E-state index is 11.6. The Hall–Kier alpha value is -2.08. The molecule has 1 heterocycles. The van der Waals surface area contributed by atoms with Crippen LogP contribution < -0.4 is 5.56 Å². The highest BCUT2D eigenvalue weighted by Gasteiger charge is 2.04. The third-order valence-electron chi connectivity index (χ3n) is 2.52. The molecule has 1 aromatic rings. The molecule has 0 aliphatic rings. The van der Waals surface area contributed by atoms with Gasteiger partial charge >= 0.3 is 5.97 Å². The van der Waals surface area contributed by atoms with Crippen LogP contribution in [0.2, 0.25) is 0 Å². The van der Waals surface area contributed by atoms with Gasteiger partial charge in [-0.05, 0) is 19.4 Å². The molecule has 0 spiro atoms. The van der Waals surface area contributed by atoms with Crippen LogP contribution in [0.15, 0.2) is 29.1 Å². The van der Waals surface area contributed by atoms with Crippen LogP contribution >= 0.6 is 0 Å². The summed E-state index contributed by atoms with van der Waals surface area (Å²) in [7, 11) is 0. The monoisotopic (exact) mass is 281 g/mol. The Morgan fingerprint density at radius 2 is 2.05 bits per heavy atom. The predicted octanol–water partition coefficient (Wildman–Crippen LogP) is 0.998. The summed E-state index contributed by atoms with van der Waals surface area (Å²) in [5.74, 6) is -0.548. The lowest BCUT2D eigenvalue weighted by molar-refractivity contribution is -0.140. The van der Waals surface area contributed by atoms with Crippen LogP contribution in [-0.4, -0.2) is 35.5 Å². The summed E-state index contributed by atoms with van der Waals surface area (Å²) in [6.45, 7) is 7.58. The summed E-state index contributed by atoms with van der Waals surface area (Å²) in [6.07, 6.45) is 0. The van der Waals surface area contributed by atoms with Crippen LogP contribution in [0.25, 0.3) is 0 Å². The van der Waals surface area contributed by atoms with Crippen LogP contribution in [0.5, 0.6) is 5.88 Å². The maximum atomic E-state index is 11.6. The van der Waals surface area contributed by atoms with E-state index in [-0.39, 0.29) is 37.8 Å². The Morgan fingerprint density at radius 1 is 1.35 bits per heavy atom. The van der Waals surface area contributed by atoms with Gasteiger partial charge in [0.25, 0.3) is 5.56 Å². The lowest BCUT2D eigenvalue weighted by atomic mass is 10.3. The lowest BCUT2D eigenvalue weighted by Crippen LogP contribution is -2.22. The van der Waals surface area contributed by atoms with Crippen LogP contribution in [0.3, 0.4) is 0 Å². The number of carbonyl (C=O) groups excluding carboxylic acids is 1. The molecular formula is C14H19NO5. The minimum absolute atomic E-state index is 0.0905. The van der Waals surface area contributed by atoms with E-state index in [9.17, 15) is 14.7 Å². The molecule has 0 saturated carbocycles. The van der Waals surface area contributed by atoms with E-state index in [2.05, 4.69) is 6.58 Å². The fourth-order valence-corrected chi connectivity index (χ4v) is 1.51. The summed E-state index contributed by atoms with van der Waals surface area (Å²) in [4.78, 5) is 22.7. The van der Waals surface area contributed by atoms with E-state index in [0.29, 0.717) is 11.1 Å². The molecule has 0 fully saturated rings. The molecule has 1 rings (SSSR count). The minimum Gasteiger partial charge on any atom is -0.494 e. The Balaban J connectivity index is 2.30. The van der Waals surface area contributed by atoms with Gasteiger partial charge in [0.2, 0.25) is 0 Å². The number of esters is 1. The van der Waals surface area contributed by atoms with Crippen molar-refractivity contribution in [3.63, 3.8) is 0 Å². The van der Waals surface area contributed by atoms with E-state index >= 15 is 0 Å². The summed E-state index contributed by atoms with van der Waals surface area (Å²) in [5, 5.41) is 9.64. The van der Waals surface area contributed by atoms with Gasteiger partial charge in [0.05, 0.1) is 19.8 Å². The zero-order valence-corrected chi connectivity index (χ0v) is 11.7. The van der Waals surface area contributed by atoms with Crippen molar-refractivity contribution < 1.29 is 19.4 Å². The number of pyridine rings is 1. The van der Waals surface area contributed by atoms with Crippen molar-refractivity contribution >= 4 is 5.97 Å². The van der Waals surface area contributed by atoms with Gasteiger partial charge in [-0.1, -0.05) is 6.58 Å². The molecule has 0 aliphatic carbocycles. The first-order valence-electron chi connectivity index (χ1n) is 6.22. The average Bonchev–Trinajstić information content (AvgIpc) is 2.35. The molecule has 110 valence electrons. The number of aromatic hydroxyl groups is 1. The van der Waals surface area contributed by atoms with Gasteiger partial charge in [-0.15, -0.1) is 0 Å². The van der Waals surface area contributed by atoms with E-state index < -0.39 is 5.97 Å². The molecule has 0 amide bonds. The zero-order valence-electron chi connectivity index (χ0n) is 11.7. The number of aromatic nitrogens is 1. The Kier molecular flexibility index (Phi) is 5.99. The Morgan fingerprint density at radius 3 is 2.65 bits per heavy atom. The quantitative estimate of drug-likeness (QED) is 0.458. The molecule has 0 radical (unpaired) electrons. The second-order valence-electron chi connectivity index (χ2n) is 4.41. The van der Waals surface area contributed by atoms with Crippen LogP contribution in [0.4, 0.5) is 0 Å². The maximum Gasteiger partial charge on any atom is 0.333 e. The largest absolute Gasteiger partial charge is 0.494 e. The number of aryl methyl sites for hydroxylation is 1. The highest BCUT2D eigenvalue weighted by atomic mass is 16.6. The Labute approximate surface area is 117 Å². The molecule has 0 bridgehead atoms. The molecule has 6 heteroatoms. The van der Waals surface area contributed by atoms with Crippen molar-refractivity contribution in [1.29, 1.82) is 0 Å². The van der Waals surface area contributed by atoms with Gasteiger partial charge in [-0.3, -0.25) is 9.36 Å². The van der Waals surface area contributed by atoms with Gasteiger partial charge in [0.15, 0.2) is 5.88 Å². The van der Waals surface area contributed by atoms with E-state index in [0.717, 1.165) is 0 Å². The molecular weight excluding hydrogens is 262 g/mol. The predicted molar refractivity (Wildman–Crippen MR) is 73.7 cm³/mol. The third kappa shape index (κ3) is 4.89. The van der Waals surface area contributed by atoms with Gasteiger partial charge in [-0.2, -0.15) is 0 Å². The fourth-order valence-electron chi connectivity index (χ4n) is 1.51. The van der Waals surface area contributed by atoms with E-state index in [1.807, 2.05) is 0 Å².